The van der Waals surface area contributed by atoms with Gasteiger partial charge in [-0.1, -0.05) is 11.2 Å². The number of nitrogens with zero attached hydrogens (tertiary/aromatic N) is 3. The highest BCUT2D eigenvalue weighted by Gasteiger charge is 2.33. The van der Waals surface area contributed by atoms with Gasteiger partial charge in [-0.15, -0.1) is 11.3 Å². The van der Waals surface area contributed by atoms with Crippen molar-refractivity contribution in [3.05, 3.63) is 23.3 Å². The molecule has 3 rings (SSSR count). The summed E-state index contributed by atoms with van der Waals surface area (Å²) < 4.78 is 5.15. The molecule has 116 valence electrons. The first-order valence-electron chi connectivity index (χ1n) is 7.09. The zero-order valence-corrected chi connectivity index (χ0v) is 12.9. The third-order valence-electron chi connectivity index (χ3n) is 3.59. The third kappa shape index (κ3) is 3.01. The van der Waals surface area contributed by atoms with Crippen molar-refractivity contribution in [2.75, 3.05) is 13.1 Å². The molecular formula is C14H16N4O3S. The molecule has 0 radical (unpaired) electrons. The Balaban J connectivity index is 1.55. The van der Waals surface area contributed by atoms with Gasteiger partial charge in [-0.2, -0.15) is 4.98 Å². The minimum Gasteiger partial charge on any atom is -0.348 e. The van der Waals surface area contributed by atoms with Crippen LogP contribution < -0.4 is 5.32 Å². The molecule has 0 bridgehead atoms. The molecule has 1 fully saturated rings. The highest BCUT2D eigenvalue weighted by atomic mass is 32.1. The highest BCUT2D eigenvalue weighted by Crippen LogP contribution is 2.22. The summed E-state index contributed by atoms with van der Waals surface area (Å²) in [5.41, 5.74) is 0. The van der Waals surface area contributed by atoms with Crippen LogP contribution in [0.15, 0.2) is 22.0 Å². The summed E-state index contributed by atoms with van der Waals surface area (Å²) in [4.78, 5) is 30.5. The summed E-state index contributed by atoms with van der Waals surface area (Å²) in [6.07, 6.45) is 0.270. The second kappa shape index (κ2) is 6.27. The molecule has 8 heteroatoms. The van der Waals surface area contributed by atoms with E-state index in [1.807, 2.05) is 24.4 Å². The molecule has 0 spiro atoms. The van der Waals surface area contributed by atoms with Crippen LogP contribution in [0.1, 0.15) is 19.2 Å². The quantitative estimate of drug-likeness (QED) is 0.896. The molecule has 7 nitrogen and oxygen atoms in total. The van der Waals surface area contributed by atoms with E-state index in [2.05, 4.69) is 15.5 Å². The van der Waals surface area contributed by atoms with Gasteiger partial charge < -0.3 is 14.7 Å². The summed E-state index contributed by atoms with van der Waals surface area (Å²) in [5.74, 6) is 0.464. The van der Waals surface area contributed by atoms with E-state index >= 15 is 0 Å². The van der Waals surface area contributed by atoms with Gasteiger partial charge in [-0.05, 0) is 18.4 Å². The van der Waals surface area contributed by atoms with Crippen LogP contribution in [0, 0.1) is 5.92 Å². The van der Waals surface area contributed by atoms with Gasteiger partial charge in [0.2, 0.25) is 11.8 Å². The van der Waals surface area contributed by atoms with Crippen LogP contribution in [0.2, 0.25) is 0 Å². The fourth-order valence-corrected chi connectivity index (χ4v) is 3.03. The first-order chi connectivity index (χ1) is 10.7. The molecule has 2 amide bonds. The van der Waals surface area contributed by atoms with Crippen LogP contribution in [0.4, 0.5) is 0 Å². The van der Waals surface area contributed by atoms with E-state index in [4.69, 9.17) is 4.52 Å². The van der Waals surface area contributed by atoms with Crippen LogP contribution in [-0.4, -0.2) is 39.9 Å². The fraction of sp³-hybridized carbons (Fsp3) is 0.429. The van der Waals surface area contributed by atoms with Crippen molar-refractivity contribution in [3.8, 4) is 10.8 Å². The predicted molar refractivity (Wildman–Crippen MR) is 79.8 cm³/mol. The summed E-state index contributed by atoms with van der Waals surface area (Å²) >= 11 is 1.51. The zero-order valence-electron chi connectivity index (χ0n) is 12.1. The largest absolute Gasteiger partial charge is 0.348 e. The number of nitrogens with one attached hydrogen (secondary N) is 1. The van der Waals surface area contributed by atoms with Crippen molar-refractivity contribution < 1.29 is 14.1 Å². The monoisotopic (exact) mass is 320 g/mol. The lowest BCUT2D eigenvalue weighted by molar-refractivity contribution is -0.128. The fourth-order valence-electron chi connectivity index (χ4n) is 2.39. The Morgan fingerprint density at radius 1 is 1.59 bits per heavy atom. The van der Waals surface area contributed by atoms with E-state index in [1.54, 1.807) is 4.90 Å². The standard InChI is InChI=1S/C14H16N4O3S/c1-2-18-8-9(6-12(18)19)13(20)15-7-11-16-14(21-17-11)10-4-3-5-22-10/h3-5,9H,2,6-8H2,1H3,(H,15,20)/t9-/m0/s1. The molecule has 2 aromatic heterocycles. The second-order valence-corrected chi connectivity index (χ2v) is 5.99. The van der Waals surface area contributed by atoms with E-state index in [9.17, 15) is 9.59 Å². The zero-order chi connectivity index (χ0) is 15.5. The number of carbonyl (C=O) groups is 2. The lowest BCUT2D eigenvalue weighted by Crippen LogP contribution is -2.32. The molecule has 1 N–H and O–H groups in total. The number of aromatic nitrogens is 2. The van der Waals surface area contributed by atoms with Gasteiger partial charge in [-0.3, -0.25) is 9.59 Å². The van der Waals surface area contributed by atoms with Crippen LogP contribution >= 0.6 is 11.3 Å². The van der Waals surface area contributed by atoms with E-state index in [1.165, 1.54) is 11.3 Å². The number of hydrogen-bond acceptors (Lipinski definition) is 6. The maximum Gasteiger partial charge on any atom is 0.268 e. The Kier molecular flexibility index (Phi) is 4.19. The Morgan fingerprint density at radius 3 is 3.14 bits per heavy atom. The number of amides is 2. The number of thiophene rings is 1. The molecule has 1 atom stereocenters. The smallest absolute Gasteiger partial charge is 0.268 e. The molecule has 1 aliphatic heterocycles. The lowest BCUT2D eigenvalue weighted by Gasteiger charge is -2.13. The first kappa shape index (κ1) is 14.7. The molecule has 1 saturated heterocycles. The maximum atomic E-state index is 12.1. The molecule has 2 aromatic rings. The van der Waals surface area contributed by atoms with Gasteiger partial charge in [0.15, 0.2) is 5.82 Å². The van der Waals surface area contributed by atoms with Crippen LogP contribution in [0.5, 0.6) is 0 Å². The molecule has 0 saturated carbocycles. The summed E-state index contributed by atoms with van der Waals surface area (Å²) in [7, 11) is 0. The average Bonchev–Trinajstić information content (AvgIpc) is 3.24. The number of carbonyl (C=O) groups excluding carboxylic acids is 2. The third-order valence-corrected chi connectivity index (χ3v) is 4.45. The van der Waals surface area contributed by atoms with Gasteiger partial charge in [-0.25, -0.2) is 0 Å². The van der Waals surface area contributed by atoms with Crippen molar-refractivity contribution in [1.29, 1.82) is 0 Å². The molecular weight excluding hydrogens is 304 g/mol. The van der Waals surface area contributed by atoms with E-state index in [0.717, 1.165) is 4.88 Å². The van der Waals surface area contributed by atoms with Crippen molar-refractivity contribution in [3.63, 3.8) is 0 Å². The molecule has 0 unspecified atom stereocenters. The highest BCUT2D eigenvalue weighted by molar-refractivity contribution is 7.13. The Bertz CT molecular complexity index is 667. The number of likely N-dealkylation sites (tertiary alicyclic amines) is 1. The minimum absolute atomic E-state index is 0.0298. The summed E-state index contributed by atoms with van der Waals surface area (Å²) in [5, 5.41) is 8.54. The van der Waals surface area contributed by atoms with Gasteiger partial charge in [0.1, 0.15) is 0 Å². The maximum absolute atomic E-state index is 12.1. The molecule has 0 aromatic carbocycles. The van der Waals surface area contributed by atoms with E-state index in [-0.39, 0.29) is 30.7 Å². The minimum atomic E-state index is -0.295. The van der Waals surface area contributed by atoms with Crippen LogP contribution in [0.3, 0.4) is 0 Å². The lowest BCUT2D eigenvalue weighted by atomic mass is 10.1. The molecule has 1 aliphatic rings. The Hall–Kier alpha value is -2.22. The van der Waals surface area contributed by atoms with Gasteiger partial charge in [0, 0.05) is 19.5 Å². The Labute approximate surface area is 131 Å². The van der Waals surface area contributed by atoms with Crippen molar-refractivity contribution >= 4 is 23.2 Å². The van der Waals surface area contributed by atoms with Gasteiger partial charge in [0.05, 0.1) is 17.3 Å². The van der Waals surface area contributed by atoms with Crippen LogP contribution in [-0.2, 0) is 16.1 Å². The number of rotatable bonds is 5. The normalized spacial score (nSPS) is 18.0. The molecule has 3 heterocycles. The molecule has 22 heavy (non-hydrogen) atoms. The van der Waals surface area contributed by atoms with Crippen LogP contribution in [0.25, 0.3) is 10.8 Å². The SMILES string of the molecule is CCN1C[C@@H](C(=O)NCc2noc(-c3cccs3)n2)CC1=O. The summed E-state index contributed by atoms with van der Waals surface area (Å²) in [6.45, 7) is 3.22. The van der Waals surface area contributed by atoms with Crippen molar-refractivity contribution in [2.45, 2.75) is 19.9 Å². The van der Waals surface area contributed by atoms with Gasteiger partial charge in [0.25, 0.3) is 5.89 Å². The number of hydrogen-bond donors (Lipinski definition) is 1. The second-order valence-electron chi connectivity index (χ2n) is 5.04. The first-order valence-corrected chi connectivity index (χ1v) is 7.97. The molecule has 0 aliphatic carbocycles. The van der Waals surface area contributed by atoms with Crippen molar-refractivity contribution in [1.82, 2.24) is 20.4 Å². The van der Waals surface area contributed by atoms with E-state index in [0.29, 0.717) is 24.8 Å². The topological polar surface area (TPSA) is 88.3 Å². The van der Waals surface area contributed by atoms with Gasteiger partial charge >= 0.3 is 0 Å². The summed E-state index contributed by atoms with van der Waals surface area (Å²) in [6, 6.07) is 3.80. The predicted octanol–water partition coefficient (Wildman–Crippen LogP) is 1.28. The Morgan fingerprint density at radius 2 is 2.45 bits per heavy atom. The van der Waals surface area contributed by atoms with Crippen molar-refractivity contribution in [2.24, 2.45) is 5.92 Å². The average molecular weight is 320 g/mol. The van der Waals surface area contributed by atoms with E-state index < -0.39 is 0 Å².